The van der Waals surface area contributed by atoms with Crippen LogP contribution in [-0.2, 0) is 6.42 Å². The summed E-state index contributed by atoms with van der Waals surface area (Å²) in [5.41, 5.74) is 6.52. The zero-order valence-electron chi connectivity index (χ0n) is 9.03. The van der Waals surface area contributed by atoms with Crippen molar-refractivity contribution in [2.24, 2.45) is 5.73 Å². The molecule has 0 saturated carbocycles. The molecule has 0 aliphatic heterocycles. The third kappa shape index (κ3) is 2.62. The minimum atomic E-state index is -0.521. The highest BCUT2D eigenvalue weighted by Crippen LogP contribution is 2.21. The third-order valence-electron chi connectivity index (χ3n) is 2.32. The number of nitrogens with two attached hydrogens (primary N) is 1. The lowest BCUT2D eigenvalue weighted by molar-refractivity contribution is 0.602. The van der Waals surface area contributed by atoms with Crippen LogP contribution in [0.4, 0.5) is 8.78 Å². The number of hydrogen-bond donors (Lipinski definition) is 1. The summed E-state index contributed by atoms with van der Waals surface area (Å²) in [7, 11) is 0. The number of nitrogens with zero attached hydrogens (tertiary/aromatic N) is 2. The molecular weight excluding hydrogens is 224 g/mol. The van der Waals surface area contributed by atoms with Gasteiger partial charge in [-0.2, -0.15) is 10.2 Å². The van der Waals surface area contributed by atoms with Gasteiger partial charge in [-0.25, -0.2) is 8.78 Å². The second kappa shape index (κ2) is 4.97. The molecule has 2 N–H and O–H groups in total. The largest absolute Gasteiger partial charge is 0.330 e. The van der Waals surface area contributed by atoms with Gasteiger partial charge in [-0.3, -0.25) is 0 Å². The van der Waals surface area contributed by atoms with Gasteiger partial charge in [-0.1, -0.05) is 0 Å². The van der Waals surface area contributed by atoms with Crippen LogP contribution in [0.1, 0.15) is 5.69 Å². The average Bonchev–Trinajstić information content (AvgIpc) is 2.34. The van der Waals surface area contributed by atoms with Crippen molar-refractivity contribution in [3.05, 3.63) is 47.7 Å². The fourth-order valence-electron chi connectivity index (χ4n) is 1.48. The van der Waals surface area contributed by atoms with Crippen molar-refractivity contribution < 1.29 is 8.78 Å². The predicted octanol–water partition coefficient (Wildman–Crippen LogP) is 1.92. The number of hydrogen-bond acceptors (Lipinski definition) is 3. The maximum atomic E-state index is 13.4. The van der Waals surface area contributed by atoms with Crippen LogP contribution >= 0.6 is 0 Å². The van der Waals surface area contributed by atoms with Gasteiger partial charge < -0.3 is 5.73 Å². The second-order valence-corrected chi connectivity index (χ2v) is 3.57. The fraction of sp³-hybridized carbons (Fsp3) is 0.167. The molecule has 0 spiro atoms. The van der Waals surface area contributed by atoms with E-state index in [9.17, 15) is 8.78 Å². The van der Waals surface area contributed by atoms with E-state index in [0.717, 1.165) is 23.9 Å². The van der Waals surface area contributed by atoms with Crippen LogP contribution < -0.4 is 5.73 Å². The first kappa shape index (κ1) is 11.6. The van der Waals surface area contributed by atoms with Crippen molar-refractivity contribution in [2.45, 2.75) is 6.42 Å². The second-order valence-electron chi connectivity index (χ2n) is 3.57. The van der Waals surface area contributed by atoms with Crippen LogP contribution in [-0.4, -0.2) is 16.7 Å². The van der Waals surface area contributed by atoms with E-state index in [1.54, 1.807) is 12.1 Å². The minimum Gasteiger partial charge on any atom is -0.330 e. The summed E-state index contributed by atoms with van der Waals surface area (Å²) in [4.78, 5) is 0. The van der Waals surface area contributed by atoms with Crippen LogP contribution in [0.25, 0.3) is 11.3 Å². The first-order valence-corrected chi connectivity index (χ1v) is 5.19. The lowest BCUT2D eigenvalue weighted by Crippen LogP contribution is -2.05. The molecule has 0 unspecified atom stereocenters. The molecule has 5 heteroatoms. The molecule has 0 amide bonds. The van der Waals surface area contributed by atoms with Gasteiger partial charge in [0.05, 0.1) is 11.4 Å². The Morgan fingerprint density at radius 1 is 1.06 bits per heavy atom. The molecule has 0 atom stereocenters. The van der Waals surface area contributed by atoms with Crippen LogP contribution in [0.2, 0.25) is 0 Å². The summed E-state index contributed by atoms with van der Waals surface area (Å²) in [5, 5.41) is 7.75. The highest BCUT2D eigenvalue weighted by Gasteiger charge is 2.08. The summed E-state index contributed by atoms with van der Waals surface area (Å²) in [6, 6.07) is 6.55. The van der Waals surface area contributed by atoms with Crippen molar-refractivity contribution >= 4 is 0 Å². The summed E-state index contributed by atoms with van der Waals surface area (Å²) in [6.45, 7) is 0.475. The molecule has 3 nitrogen and oxygen atoms in total. The van der Waals surface area contributed by atoms with Gasteiger partial charge in [0.25, 0.3) is 0 Å². The van der Waals surface area contributed by atoms with Crippen LogP contribution in [0, 0.1) is 11.6 Å². The Labute approximate surface area is 97.3 Å². The van der Waals surface area contributed by atoms with E-state index in [2.05, 4.69) is 10.2 Å². The lowest BCUT2D eigenvalue weighted by atomic mass is 10.1. The third-order valence-corrected chi connectivity index (χ3v) is 2.32. The van der Waals surface area contributed by atoms with Crippen molar-refractivity contribution in [1.29, 1.82) is 0 Å². The molecular formula is C12H11F2N3. The van der Waals surface area contributed by atoms with E-state index in [0.29, 0.717) is 18.7 Å². The van der Waals surface area contributed by atoms with Crippen molar-refractivity contribution in [1.82, 2.24) is 10.2 Å². The summed E-state index contributed by atoms with van der Waals surface area (Å²) < 4.78 is 26.5. The Morgan fingerprint density at radius 2 is 1.88 bits per heavy atom. The Bertz CT molecular complexity index is 512. The molecule has 1 aromatic heterocycles. The normalized spacial score (nSPS) is 10.5. The maximum Gasteiger partial charge on any atom is 0.132 e. The molecule has 1 heterocycles. The van der Waals surface area contributed by atoms with E-state index >= 15 is 0 Å². The highest BCUT2D eigenvalue weighted by molar-refractivity contribution is 5.59. The molecule has 0 fully saturated rings. The van der Waals surface area contributed by atoms with Gasteiger partial charge in [0.15, 0.2) is 0 Å². The topological polar surface area (TPSA) is 51.8 Å². The monoisotopic (exact) mass is 235 g/mol. The Hall–Kier alpha value is -1.88. The van der Waals surface area contributed by atoms with E-state index in [1.165, 1.54) is 0 Å². The van der Waals surface area contributed by atoms with Gasteiger partial charge >= 0.3 is 0 Å². The summed E-state index contributed by atoms with van der Waals surface area (Å²) >= 11 is 0. The lowest BCUT2D eigenvalue weighted by Gasteiger charge is -2.03. The molecule has 0 aliphatic carbocycles. The quantitative estimate of drug-likeness (QED) is 0.884. The molecule has 0 bridgehead atoms. The SMILES string of the molecule is NCCc1ccc(-c2cc(F)ccc2F)nn1. The van der Waals surface area contributed by atoms with Crippen molar-refractivity contribution in [3.8, 4) is 11.3 Å². The Morgan fingerprint density at radius 3 is 2.53 bits per heavy atom. The van der Waals surface area contributed by atoms with Crippen LogP contribution in [0.3, 0.4) is 0 Å². The zero-order chi connectivity index (χ0) is 12.3. The van der Waals surface area contributed by atoms with Gasteiger partial charge in [0.1, 0.15) is 11.6 Å². The van der Waals surface area contributed by atoms with Gasteiger partial charge in [-0.15, -0.1) is 0 Å². The van der Waals surface area contributed by atoms with Crippen molar-refractivity contribution in [3.63, 3.8) is 0 Å². The fourth-order valence-corrected chi connectivity index (χ4v) is 1.48. The summed E-state index contributed by atoms with van der Waals surface area (Å²) in [6.07, 6.45) is 0.610. The summed E-state index contributed by atoms with van der Waals surface area (Å²) in [5.74, 6) is -1.03. The first-order valence-electron chi connectivity index (χ1n) is 5.19. The van der Waals surface area contributed by atoms with E-state index < -0.39 is 11.6 Å². The zero-order valence-corrected chi connectivity index (χ0v) is 9.03. The number of benzene rings is 1. The Kier molecular flexibility index (Phi) is 3.39. The molecule has 1 aromatic carbocycles. The molecule has 2 rings (SSSR count). The Balaban J connectivity index is 2.36. The highest BCUT2D eigenvalue weighted by atomic mass is 19.1. The van der Waals surface area contributed by atoms with E-state index in [1.807, 2.05) is 0 Å². The van der Waals surface area contributed by atoms with E-state index in [-0.39, 0.29) is 5.56 Å². The van der Waals surface area contributed by atoms with E-state index in [4.69, 9.17) is 5.73 Å². The standard InChI is InChI=1S/C12H11F2N3/c13-8-1-3-11(14)10(7-8)12-4-2-9(5-6-15)16-17-12/h1-4,7H,5-6,15H2. The van der Waals surface area contributed by atoms with Gasteiger partial charge in [0.2, 0.25) is 0 Å². The van der Waals surface area contributed by atoms with Gasteiger partial charge in [-0.05, 0) is 36.9 Å². The molecule has 88 valence electrons. The number of rotatable bonds is 3. The molecule has 0 saturated heterocycles. The predicted molar refractivity (Wildman–Crippen MR) is 60.1 cm³/mol. The molecule has 17 heavy (non-hydrogen) atoms. The number of aromatic nitrogens is 2. The van der Waals surface area contributed by atoms with Crippen LogP contribution in [0.5, 0.6) is 0 Å². The van der Waals surface area contributed by atoms with Gasteiger partial charge in [0, 0.05) is 12.0 Å². The maximum absolute atomic E-state index is 13.4. The van der Waals surface area contributed by atoms with Crippen molar-refractivity contribution in [2.75, 3.05) is 6.54 Å². The first-order chi connectivity index (χ1) is 8.20. The molecule has 2 aromatic rings. The molecule has 0 radical (unpaired) electrons. The minimum absolute atomic E-state index is 0.108. The smallest absolute Gasteiger partial charge is 0.132 e. The number of halogens is 2. The average molecular weight is 235 g/mol. The molecule has 0 aliphatic rings. The van der Waals surface area contributed by atoms with Crippen LogP contribution in [0.15, 0.2) is 30.3 Å².